The Morgan fingerprint density at radius 2 is 2.33 bits per heavy atom. The SMILES string of the molecule is O=CCC1(O)CCN(C2CC2)C1. The van der Waals surface area contributed by atoms with Gasteiger partial charge in [0, 0.05) is 25.6 Å². The highest BCUT2D eigenvalue weighted by atomic mass is 16.3. The standard InChI is InChI=1S/C9H15NO2/c11-6-4-9(12)3-5-10(7-9)8-1-2-8/h6,8,12H,1-5,7H2. The maximum atomic E-state index is 10.3. The van der Waals surface area contributed by atoms with Crippen molar-refractivity contribution in [3.05, 3.63) is 0 Å². The molecule has 1 aliphatic heterocycles. The number of likely N-dealkylation sites (tertiary alicyclic amines) is 1. The predicted octanol–water partition coefficient (Wildman–Crippen LogP) is 0.175. The van der Waals surface area contributed by atoms with Crippen LogP contribution < -0.4 is 0 Å². The first-order valence-corrected chi connectivity index (χ1v) is 4.64. The first-order chi connectivity index (χ1) is 5.73. The molecule has 2 rings (SSSR count). The number of carbonyl (C=O) groups excluding carboxylic acids is 1. The number of carbonyl (C=O) groups is 1. The monoisotopic (exact) mass is 169 g/mol. The van der Waals surface area contributed by atoms with Gasteiger partial charge >= 0.3 is 0 Å². The molecule has 0 spiro atoms. The van der Waals surface area contributed by atoms with Gasteiger partial charge in [0.05, 0.1) is 5.60 Å². The van der Waals surface area contributed by atoms with Gasteiger partial charge < -0.3 is 9.90 Å². The van der Waals surface area contributed by atoms with Crippen LogP contribution in [-0.2, 0) is 4.79 Å². The van der Waals surface area contributed by atoms with Crippen molar-refractivity contribution in [2.45, 2.75) is 37.3 Å². The van der Waals surface area contributed by atoms with Crippen molar-refractivity contribution < 1.29 is 9.90 Å². The van der Waals surface area contributed by atoms with Crippen LogP contribution in [0.4, 0.5) is 0 Å². The summed E-state index contributed by atoms with van der Waals surface area (Å²) in [5.41, 5.74) is -0.704. The first kappa shape index (κ1) is 8.20. The lowest BCUT2D eigenvalue weighted by molar-refractivity contribution is -0.111. The van der Waals surface area contributed by atoms with Gasteiger partial charge in [-0.3, -0.25) is 4.90 Å². The largest absolute Gasteiger partial charge is 0.388 e. The zero-order valence-electron chi connectivity index (χ0n) is 7.20. The Morgan fingerprint density at radius 3 is 2.92 bits per heavy atom. The fraction of sp³-hybridized carbons (Fsp3) is 0.889. The molecule has 3 heteroatoms. The van der Waals surface area contributed by atoms with E-state index in [4.69, 9.17) is 0 Å². The molecular formula is C9H15NO2. The van der Waals surface area contributed by atoms with E-state index >= 15 is 0 Å². The number of aliphatic hydroxyl groups is 1. The van der Waals surface area contributed by atoms with Crippen molar-refractivity contribution >= 4 is 6.29 Å². The van der Waals surface area contributed by atoms with Crippen LogP contribution in [0.3, 0.4) is 0 Å². The zero-order chi connectivity index (χ0) is 8.60. The molecular weight excluding hydrogens is 154 g/mol. The molecule has 12 heavy (non-hydrogen) atoms. The summed E-state index contributed by atoms with van der Waals surface area (Å²) in [6.45, 7) is 1.67. The molecule has 68 valence electrons. The fourth-order valence-corrected chi connectivity index (χ4v) is 1.96. The molecule has 0 aromatic carbocycles. The summed E-state index contributed by atoms with van der Waals surface area (Å²) in [7, 11) is 0. The molecule has 3 nitrogen and oxygen atoms in total. The summed E-state index contributed by atoms with van der Waals surface area (Å²) in [5, 5.41) is 9.87. The van der Waals surface area contributed by atoms with Gasteiger partial charge in [-0.15, -0.1) is 0 Å². The Bertz CT molecular complexity index is 191. The average Bonchev–Trinajstić information content (AvgIpc) is 2.78. The van der Waals surface area contributed by atoms with Crippen molar-refractivity contribution in [3.8, 4) is 0 Å². The fourth-order valence-electron chi connectivity index (χ4n) is 1.96. The van der Waals surface area contributed by atoms with Crippen LogP contribution in [0, 0.1) is 0 Å². The lowest BCUT2D eigenvalue weighted by Gasteiger charge is -2.20. The Hall–Kier alpha value is -0.410. The van der Waals surface area contributed by atoms with Gasteiger partial charge in [0.25, 0.3) is 0 Å². The van der Waals surface area contributed by atoms with Gasteiger partial charge in [-0.25, -0.2) is 0 Å². The molecule has 1 unspecified atom stereocenters. The molecule has 0 aromatic rings. The summed E-state index contributed by atoms with van der Waals surface area (Å²) < 4.78 is 0. The highest BCUT2D eigenvalue weighted by Crippen LogP contribution is 2.34. The van der Waals surface area contributed by atoms with Crippen LogP contribution >= 0.6 is 0 Å². The highest BCUT2D eigenvalue weighted by Gasteiger charge is 2.41. The van der Waals surface area contributed by atoms with E-state index in [0.717, 1.165) is 19.3 Å². The van der Waals surface area contributed by atoms with Gasteiger partial charge in [-0.05, 0) is 19.3 Å². The number of hydrogen-bond donors (Lipinski definition) is 1. The minimum absolute atomic E-state index is 0.302. The van der Waals surface area contributed by atoms with Gasteiger partial charge in [0.2, 0.25) is 0 Å². The molecule has 2 aliphatic rings. The van der Waals surface area contributed by atoms with E-state index in [-0.39, 0.29) is 0 Å². The summed E-state index contributed by atoms with van der Waals surface area (Å²) in [4.78, 5) is 12.6. The highest BCUT2D eigenvalue weighted by molar-refractivity contribution is 5.51. The second kappa shape index (κ2) is 2.82. The summed E-state index contributed by atoms with van der Waals surface area (Å²) in [6, 6.07) is 0.714. The third-order valence-corrected chi connectivity index (χ3v) is 2.89. The Morgan fingerprint density at radius 1 is 1.58 bits per heavy atom. The summed E-state index contributed by atoms with van der Waals surface area (Å²) in [6.07, 6.45) is 4.45. The molecule has 1 saturated carbocycles. The van der Waals surface area contributed by atoms with E-state index in [0.29, 0.717) is 19.0 Å². The van der Waals surface area contributed by atoms with E-state index in [9.17, 15) is 9.90 Å². The van der Waals surface area contributed by atoms with Crippen molar-refractivity contribution in [1.82, 2.24) is 4.90 Å². The Labute approximate surface area is 72.4 Å². The van der Waals surface area contributed by atoms with E-state index in [2.05, 4.69) is 4.90 Å². The van der Waals surface area contributed by atoms with Gasteiger partial charge in [-0.1, -0.05) is 0 Å². The Kier molecular flexibility index (Phi) is 1.93. The van der Waals surface area contributed by atoms with Crippen LogP contribution in [0.25, 0.3) is 0 Å². The van der Waals surface area contributed by atoms with Gasteiger partial charge in [0.1, 0.15) is 6.29 Å². The molecule has 1 N–H and O–H groups in total. The lowest BCUT2D eigenvalue weighted by Crippen LogP contribution is -2.34. The minimum Gasteiger partial charge on any atom is -0.388 e. The maximum absolute atomic E-state index is 10.3. The van der Waals surface area contributed by atoms with Crippen LogP contribution in [-0.4, -0.2) is 41.0 Å². The molecule has 0 bridgehead atoms. The van der Waals surface area contributed by atoms with Crippen LogP contribution in [0.1, 0.15) is 25.7 Å². The van der Waals surface area contributed by atoms with Crippen molar-refractivity contribution in [3.63, 3.8) is 0 Å². The third kappa shape index (κ3) is 1.52. The normalized spacial score (nSPS) is 37.1. The van der Waals surface area contributed by atoms with Gasteiger partial charge in [-0.2, -0.15) is 0 Å². The molecule has 2 fully saturated rings. The predicted molar refractivity (Wildman–Crippen MR) is 44.8 cm³/mol. The molecule has 1 aliphatic carbocycles. The number of nitrogens with zero attached hydrogens (tertiary/aromatic N) is 1. The van der Waals surface area contributed by atoms with Crippen LogP contribution in [0.5, 0.6) is 0 Å². The minimum atomic E-state index is -0.704. The van der Waals surface area contributed by atoms with Crippen LogP contribution in [0.15, 0.2) is 0 Å². The number of aldehydes is 1. The summed E-state index contributed by atoms with van der Waals surface area (Å²) >= 11 is 0. The molecule has 1 atom stereocenters. The number of rotatable bonds is 3. The molecule has 0 radical (unpaired) electrons. The number of hydrogen-bond acceptors (Lipinski definition) is 3. The van der Waals surface area contributed by atoms with E-state index in [1.807, 2.05) is 0 Å². The molecule has 0 amide bonds. The smallest absolute Gasteiger partial charge is 0.122 e. The first-order valence-electron chi connectivity index (χ1n) is 4.64. The van der Waals surface area contributed by atoms with Crippen molar-refractivity contribution in [1.29, 1.82) is 0 Å². The quantitative estimate of drug-likeness (QED) is 0.612. The molecule has 1 heterocycles. The maximum Gasteiger partial charge on any atom is 0.122 e. The second-order valence-corrected chi connectivity index (χ2v) is 4.05. The molecule has 0 aromatic heterocycles. The summed E-state index contributed by atoms with van der Waals surface area (Å²) in [5.74, 6) is 0. The van der Waals surface area contributed by atoms with E-state index in [1.165, 1.54) is 12.8 Å². The lowest BCUT2D eigenvalue weighted by atomic mass is 10.0. The van der Waals surface area contributed by atoms with Gasteiger partial charge in [0.15, 0.2) is 0 Å². The van der Waals surface area contributed by atoms with Crippen molar-refractivity contribution in [2.75, 3.05) is 13.1 Å². The molecule has 1 saturated heterocycles. The van der Waals surface area contributed by atoms with Crippen LogP contribution in [0.2, 0.25) is 0 Å². The second-order valence-electron chi connectivity index (χ2n) is 4.05. The van der Waals surface area contributed by atoms with E-state index < -0.39 is 5.60 Å². The number of β-amino-alcohol motifs (C(OH)–C–C–N with tert-alkyl or cyclic N) is 1. The Balaban J connectivity index is 1.90. The van der Waals surface area contributed by atoms with E-state index in [1.54, 1.807) is 0 Å². The average molecular weight is 169 g/mol. The third-order valence-electron chi connectivity index (χ3n) is 2.89. The van der Waals surface area contributed by atoms with Crippen molar-refractivity contribution in [2.24, 2.45) is 0 Å². The zero-order valence-corrected chi connectivity index (χ0v) is 7.20. The topological polar surface area (TPSA) is 40.5 Å².